The lowest BCUT2D eigenvalue weighted by Gasteiger charge is -2.23. The SMILES string of the molecule is CCCC[C@H](CC(=O)OC)C(=O)N[C@H](c1nc2ccc(OC)cc2[nH]1)C(C)C. The zero-order valence-corrected chi connectivity index (χ0v) is 17.4. The van der Waals surface area contributed by atoms with Gasteiger partial charge in [-0.2, -0.15) is 0 Å². The van der Waals surface area contributed by atoms with Crippen molar-refractivity contribution in [2.24, 2.45) is 11.8 Å². The Labute approximate surface area is 166 Å². The first-order valence-electron chi connectivity index (χ1n) is 9.80. The van der Waals surface area contributed by atoms with Crippen LogP contribution in [0.2, 0.25) is 0 Å². The van der Waals surface area contributed by atoms with Crippen LogP contribution in [0.1, 0.15) is 58.3 Å². The van der Waals surface area contributed by atoms with Crippen LogP contribution < -0.4 is 10.1 Å². The van der Waals surface area contributed by atoms with E-state index in [1.807, 2.05) is 32.0 Å². The summed E-state index contributed by atoms with van der Waals surface area (Å²) in [5, 5.41) is 3.09. The highest BCUT2D eigenvalue weighted by Crippen LogP contribution is 2.26. The maximum Gasteiger partial charge on any atom is 0.306 e. The van der Waals surface area contributed by atoms with Gasteiger partial charge >= 0.3 is 5.97 Å². The number of aromatic amines is 1. The van der Waals surface area contributed by atoms with Gasteiger partial charge in [0, 0.05) is 12.0 Å². The van der Waals surface area contributed by atoms with Crippen LogP contribution in [0.3, 0.4) is 0 Å². The lowest BCUT2D eigenvalue weighted by molar-refractivity contribution is -0.144. The number of amides is 1. The van der Waals surface area contributed by atoms with Gasteiger partial charge in [0.1, 0.15) is 11.6 Å². The van der Waals surface area contributed by atoms with Crippen molar-refractivity contribution < 1.29 is 19.1 Å². The van der Waals surface area contributed by atoms with Crippen molar-refractivity contribution >= 4 is 22.9 Å². The van der Waals surface area contributed by atoms with Crippen LogP contribution in [0.5, 0.6) is 5.75 Å². The van der Waals surface area contributed by atoms with Gasteiger partial charge in [-0.25, -0.2) is 4.98 Å². The highest BCUT2D eigenvalue weighted by Gasteiger charge is 2.27. The molecule has 0 aliphatic rings. The van der Waals surface area contributed by atoms with E-state index in [1.54, 1.807) is 7.11 Å². The summed E-state index contributed by atoms with van der Waals surface area (Å²) < 4.78 is 10.0. The van der Waals surface area contributed by atoms with E-state index in [0.29, 0.717) is 12.2 Å². The lowest BCUT2D eigenvalue weighted by Crippen LogP contribution is -2.37. The summed E-state index contributed by atoms with van der Waals surface area (Å²) in [4.78, 5) is 32.6. The molecule has 0 fully saturated rings. The van der Waals surface area contributed by atoms with Crippen LogP contribution >= 0.6 is 0 Å². The number of nitrogens with one attached hydrogen (secondary N) is 2. The number of nitrogens with zero attached hydrogens (tertiary/aromatic N) is 1. The van der Waals surface area contributed by atoms with Crippen LogP contribution in [0.25, 0.3) is 11.0 Å². The van der Waals surface area contributed by atoms with Crippen molar-refractivity contribution in [2.75, 3.05) is 14.2 Å². The smallest absolute Gasteiger partial charge is 0.306 e. The molecule has 0 aliphatic carbocycles. The van der Waals surface area contributed by atoms with E-state index in [9.17, 15) is 9.59 Å². The molecule has 0 unspecified atom stereocenters. The summed E-state index contributed by atoms with van der Waals surface area (Å²) in [6, 6.07) is 5.33. The number of hydrogen-bond donors (Lipinski definition) is 2. The number of rotatable bonds is 10. The average molecular weight is 389 g/mol. The first-order valence-corrected chi connectivity index (χ1v) is 9.80. The van der Waals surface area contributed by atoms with Crippen LogP contribution in [-0.4, -0.2) is 36.1 Å². The van der Waals surface area contributed by atoms with Crippen LogP contribution in [0.15, 0.2) is 18.2 Å². The van der Waals surface area contributed by atoms with Crippen LogP contribution in [0.4, 0.5) is 0 Å². The van der Waals surface area contributed by atoms with Crippen LogP contribution in [-0.2, 0) is 14.3 Å². The fourth-order valence-electron chi connectivity index (χ4n) is 3.17. The summed E-state index contributed by atoms with van der Waals surface area (Å²) in [5.41, 5.74) is 1.67. The molecule has 1 heterocycles. The number of imidazole rings is 1. The van der Waals surface area contributed by atoms with E-state index in [-0.39, 0.29) is 30.3 Å². The number of aromatic nitrogens is 2. The van der Waals surface area contributed by atoms with Gasteiger partial charge in [0.15, 0.2) is 0 Å². The molecule has 0 saturated carbocycles. The molecule has 0 saturated heterocycles. The Morgan fingerprint density at radius 2 is 2.00 bits per heavy atom. The van der Waals surface area contributed by atoms with E-state index in [4.69, 9.17) is 9.47 Å². The molecule has 154 valence electrons. The summed E-state index contributed by atoms with van der Waals surface area (Å²) in [6.07, 6.45) is 2.58. The van der Waals surface area contributed by atoms with Gasteiger partial charge in [-0.1, -0.05) is 33.6 Å². The Bertz CT molecular complexity index is 800. The molecule has 2 N–H and O–H groups in total. The number of esters is 1. The highest BCUT2D eigenvalue weighted by atomic mass is 16.5. The summed E-state index contributed by atoms with van der Waals surface area (Å²) in [5.74, 6) is 0.641. The molecule has 2 atom stereocenters. The number of H-pyrrole nitrogens is 1. The van der Waals surface area contributed by atoms with E-state index in [2.05, 4.69) is 22.2 Å². The normalized spacial score (nSPS) is 13.4. The number of ether oxygens (including phenoxy) is 2. The number of carbonyl (C=O) groups is 2. The molecular weight excluding hydrogens is 358 g/mol. The second kappa shape index (κ2) is 10.1. The molecule has 2 aromatic rings. The third kappa shape index (κ3) is 5.47. The molecule has 1 amide bonds. The number of carbonyl (C=O) groups excluding carboxylic acids is 2. The molecule has 0 spiro atoms. The zero-order valence-electron chi connectivity index (χ0n) is 17.4. The average Bonchev–Trinajstić information content (AvgIpc) is 3.10. The van der Waals surface area contributed by atoms with Crippen LogP contribution in [0, 0.1) is 11.8 Å². The molecule has 1 aromatic carbocycles. The first kappa shape index (κ1) is 21.7. The molecule has 28 heavy (non-hydrogen) atoms. The van der Waals surface area contributed by atoms with E-state index < -0.39 is 5.92 Å². The Hall–Kier alpha value is -2.57. The summed E-state index contributed by atoms with van der Waals surface area (Å²) >= 11 is 0. The zero-order chi connectivity index (χ0) is 20.7. The van der Waals surface area contributed by atoms with E-state index in [1.165, 1.54) is 7.11 Å². The second-order valence-corrected chi connectivity index (χ2v) is 7.35. The standard InChI is InChI=1S/C21H31N3O4/c1-6-7-8-14(11-18(25)28-5)21(26)24-19(13(2)3)20-22-16-10-9-15(27-4)12-17(16)23-20/h9-10,12-14,19H,6-8,11H2,1-5H3,(H,22,23)(H,24,26)/t14-,19+/m1/s1. The fraction of sp³-hybridized carbons (Fsp3) is 0.571. The minimum absolute atomic E-state index is 0.0878. The third-order valence-electron chi connectivity index (χ3n) is 4.88. The maximum atomic E-state index is 12.9. The Balaban J connectivity index is 2.22. The highest BCUT2D eigenvalue weighted by molar-refractivity contribution is 5.84. The number of methoxy groups -OCH3 is 2. The fourth-order valence-corrected chi connectivity index (χ4v) is 3.17. The third-order valence-corrected chi connectivity index (χ3v) is 4.88. The molecule has 0 radical (unpaired) electrons. The second-order valence-electron chi connectivity index (χ2n) is 7.35. The molecule has 7 nitrogen and oxygen atoms in total. The molecular formula is C21H31N3O4. The van der Waals surface area contributed by atoms with Crippen molar-refractivity contribution in [3.05, 3.63) is 24.0 Å². The van der Waals surface area contributed by atoms with Gasteiger partial charge in [0.05, 0.1) is 37.7 Å². The van der Waals surface area contributed by atoms with Crippen molar-refractivity contribution in [3.8, 4) is 5.75 Å². The molecule has 2 rings (SSSR count). The number of hydrogen-bond acceptors (Lipinski definition) is 5. The maximum absolute atomic E-state index is 12.9. The topological polar surface area (TPSA) is 93.3 Å². The van der Waals surface area contributed by atoms with Crippen molar-refractivity contribution in [1.29, 1.82) is 0 Å². The molecule has 1 aromatic heterocycles. The minimum atomic E-state index is -0.405. The van der Waals surface area contributed by atoms with Gasteiger partial charge in [0.2, 0.25) is 5.91 Å². The summed E-state index contributed by atoms with van der Waals surface area (Å²) in [6.45, 7) is 6.12. The van der Waals surface area contributed by atoms with Crippen molar-refractivity contribution in [3.63, 3.8) is 0 Å². The number of fused-ring (bicyclic) bond motifs is 1. The Morgan fingerprint density at radius 3 is 2.61 bits per heavy atom. The largest absolute Gasteiger partial charge is 0.497 e. The van der Waals surface area contributed by atoms with Gasteiger partial charge in [-0.05, 0) is 24.5 Å². The summed E-state index contributed by atoms with van der Waals surface area (Å²) in [7, 11) is 2.96. The minimum Gasteiger partial charge on any atom is -0.497 e. The monoisotopic (exact) mass is 389 g/mol. The van der Waals surface area contributed by atoms with E-state index >= 15 is 0 Å². The quantitative estimate of drug-likeness (QED) is 0.604. The first-order chi connectivity index (χ1) is 13.4. The van der Waals surface area contributed by atoms with Gasteiger partial charge in [-0.15, -0.1) is 0 Å². The number of benzene rings is 1. The molecule has 7 heteroatoms. The van der Waals surface area contributed by atoms with Gasteiger partial charge in [-0.3, -0.25) is 9.59 Å². The molecule has 0 bridgehead atoms. The predicted molar refractivity (Wildman–Crippen MR) is 108 cm³/mol. The Kier molecular flexibility index (Phi) is 7.84. The van der Waals surface area contributed by atoms with E-state index in [0.717, 1.165) is 29.6 Å². The lowest BCUT2D eigenvalue weighted by atomic mass is 9.95. The number of unbranched alkanes of at least 4 members (excludes halogenated alkanes) is 1. The van der Waals surface area contributed by atoms with Crippen molar-refractivity contribution in [2.45, 2.75) is 52.5 Å². The predicted octanol–water partition coefficient (Wildman–Crippen LogP) is 3.75. The van der Waals surface area contributed by atoms with Gasteiger partial charge < -0.3 is 19.8 Å². The van der Waals surface area contributed by atoms with Crippen molar-refractivity contribution in [1.82, 2.24) is 15.3 Å². The molecule has 0 aliphatic heterocycles. The Morgan fingerprint density at radius 1 is 1.25 bits per heavy atom. The van der Waals surface area contributed by atoms with Gasteiger partial charge in [0.25, 0.3) is 0 Å².